The SMILES string of the molecule is CC(C)(C)c1ccc2sc3c(c2c1)Oc1ccnc2c1B3c1cc3c(cc1O2)C(C)(C)CCC3(C)C. The first kappa shape index (κ1) is 22.4. The van der Waals surface area contributed by atoms with Crippen LogP contribution in [0.4, 0.5) is 0 Å². The Hall–Kier alpha value is -2.79. The summed E-state index contributed by atoms with van der Waals surface area (Å²) in [7, 11) is 0. The smallest absolute Gasteiger partial charge is 0.275 e. The van der Waals surface area contributed by atoms with Crippen LogP contribution in [0.15, 0.2) is 42.6 Å². The number of fused-ring (bicyclic) bond motifs is 7. The monoisotopic (exact) mass is 493 g/mol. The average Bonchev–Trinajstić information content (AvgIpc) is 3.18. The van der Waals surface area contributed by atoms with Gasteiger partial charge >= 0.3 is 0 Å². The van der Waals surface area contributed by atoms with Crippen LogP contribution in [0.1, 0.15) is 78.0 Å². The highest BCUT2D eigenvalue weighted by atomic mass is 32.1. The van der Waals surface area contributed by atoms with Crippen LogP contribution in [0.5, 0.6) is 23.1 Å². The molecule has 0 N–H and O–H groups in total. The lowest BCUT2D eigenvalue weighted by Crippen LogP contribution is -2.57. The molecule has 36 heavy (non-hydrogen) atoms. The summed E-state index contributed by atoms with van der Waals surface area (Å²) in [6, 6.07) is 13.6. The Balaban J connectivity index is 1.51. The van der Waals surface area contributed by atoms with Gasteiger partial charge < -0.3 is 9.47 Å². The topological polar surface area (TPSA) is 31.4 Å². The maximum absolute atomic E-state index is 6.64. The molecule has 2 aliphatic heterocycles. The largest absolute Gasteiger partial charge is 0.457 e. The Morgan fingerprint density at radius 3 is 2.33 bits per heavy atom. The molecule has 0 atom stereocenters. The molecule has 0 fully saturated rings. The van der Waals surface area contributed by atoms with Gasteiger partial charge in [0.15, 0.2) is 0 Å². The Labute approximate surface area is 217 Å². The number of hydrogen-bond acceptors (Lipinski definition) is 4. The Bertz CT molecular complexity index is 1590. The van der Waals surface area contributed by atoms with Crippen LogP contribution in [0.2, 0.25) is 0 Å². The molecular formula is C31H32BNO2S. The van der Waals surface area contributed by atoms with Crippen molar-refractivity contribution in [3.05, 3.63) is 59.3 Å². The number of thiophene rings is 1. The first-order chi connectivity index (χ1) is 16.9. The van der Waals surface area contributed by atoms with Crippen LogP contribution < -0.4 is 25.2 Å². The summed E-state index contributed by atoms with van der Waals surface area (Å²) >= 11 is 1.85. The molecule has 5 heteroatoms. The van der Waals surface area contributed by atoms with E-state index in [4.69, 9.17) is 9.47 Å². The molecule has 7 rings (SSSR count). The normalized spacial score (nSPS) is 18.5. The van der Waals surface area contributed by atoms with Gasteiger partial charge in [-0.2, -0.15) is 0 Å². The maximum Gasteiger partial charge on any atom is 0.275 e. The molecule has 4 aromatic rings. The van der Waals surface area contributed by atoms with Crippen molar-refractivity contribution >= 4 is 43.8 Å². The molecule has 0 amide bonds. The zero-order valence-corrected chi connectivity index (χ0v) is 23.0. The quantitative estimate of drug-likeness (QED) is 0.222. The number of nitrogens with zero attached hydrogens (tertiary/aromatic N) is 1. The van der Waals surface area contributed by atoms with Gasteiger partial charge in [0.25, 0.3) is 6.71 Å². The number of rotatable bonds is 0. The van der Waals surface area contributed by atoms with Gasteiger partial charge in [0.1, 0.15) is 17.2 Å². The molecule has 182 valence electrons. The first-order valence-electron chi connectivity index (χ1n) is 13.0. The summed E-state index contributed by atoms with van der Waals surface area (Å²) in [5.41, 5.74) is 6.84. The predicted octanol–water partition coefficient (Wildman–Crippen LogP) is 6.67. The van der Waals surface area contributed by atoms with Gasteiger partial charge in [0.2, 0.25) is 5.88 Å². The van der Waals surface area contributed by atoms with E-state index < -0.39 is 0 Å². The second-order valence-corrected chi connectivity index (χ2v) is 14.2. The minimum absolute atomic E-state index is 0.0674. The Morgan fingerprint density at radius 2 is 1.61 bits per heavy atom. The van der Waals surface area contributed by atoms with E-state index in [1.165, 1.54) is 49.9 Å². The molecule has 0 saturated heterocycles. The molecule has 0 radical (unpaired) electrons. The van der Waals surface area contributed by atoms with Crippen LogP contribution >= 0.6 is 11.3 Å². The van der Waals surface area contributed by atoms with Gasteiger partial charge in [0.05, 0.1) is 0 Å². The zero-order valence-electron chi connectivity index (χ0n) is 22.2. The summed E-state index contributed by atoms with van der Waals surface area (Å²) in [6.45, 7) is 16.4. The van der Waals surface area contributed by atoms with E-state index >= 15 is 0 Å². The fraction of sp³-hybridized carbons (Fsp3) is 0.387. The molecule has 0 bridgehead atoms. The van der Waals surface area contributed by atoms with Crippen LogP contribution in [0, 0.1) is 0 Å². The highest BCUT2D eigenvalue weighted by Crippen LogP contribution is 2.48. The molecule has 4 heterocycles. The minimum atomic E-state index is 0.0674. The molecule has 0 unspecified atom stereocenters. The average molecular weight is 493 g/mol. The third-order valence-corrected chi connectivity index (χ3v) is 9.93. The van der Waals surface area contributed by atoms with E-state index in [1.807, 2.05) is 23.6 Å². The fourth-order valence-corrected chi connectivity index (χ4v) is 7.54. The standard InChI is InChI=1S/C31H32BNO2S/c1-29(2,3)17-8-9-24-18(14-17)26-27(36-24)32-21-15-19-20(31(6,7)12-11-30(19,4)5)16-23(21)35-28-25(32)22(34-26)10-13-33-28/h8-10,13-16H,11-12H2,1-7H3. The van der Waals surface area contributed by atoms with Gasteiger partial charge in [-0.3, -0.25) is 0 Å². The van der Waals surface area contributed by atoms with Gasteiger partial charge in [0, 0.05) is 26.5 Å². The third kappa shape index (κ3) is 3.02. The highest BCUT2D eigenvalue weighted by Gasteiger charge is 2.45. The van der Waals surface area contributed by atoms with Crippen LogP contribution in [0.25, 0.3) is 10.1 Å². The van der Waals surface area contributed by atoms with Crippen molar-refractivity contribution < 1.29 is 9.47 Å². The molecule has 0 saturated carbocycles. The first-order valence-corrected chi connectivity index (χ1v) is 13.9. The predicted molar refractivity (Wildman–Crippen MR) is 151 cm³/mol. The van der Waals surface area contributed by atoms with Gasteiger partial charge in [-0.1, -0.05) is 60.6 Å². The third-order valence-electron chi connectivity index (χ3n) is 8.71. The molecule has 2 aromatic carbocycles. The van der Waals surface area contributed by atoms with E-state index in [1.54, 1.807) is 0 Å². The summed E-state index contributed by atoms with van der Waals surface area (Å²) in [5, 5.41) is 1.21. The Kier molecular flexibility index (Phi) is 4.33. The number of benzene rings is 2. The molecule has 2 aromatic heterocycles. The number of ether oxygens (including phenoxy) is 2. The number of hydrogen-bond donors (Lipinski definition) is 0. The highest BCUT2D eigenvalue weighted by molar-refractivity contribution is 7.33. The molecule has 3 nitrogen and oxygen atoms in total. The van der Waals surface area contributed by atoms with E-state index in [2.05, 4.69) is 83.8 Å². The molecule has 0 spiro atoms. The van der Waals surface area contributed by atoms with Gasteiger partial charge in [-0.15, -0.1) is 11.3 Å². The van der Waals surface area contributed by atoms with Crippen LogP contribution in [-0.4, -0.2) is 11.7 Å². The van der Waals surface area contributed by atoms with E-state index in [9.17, 15) is 0 Å². The van der Waals surface area contributed by atoms with Crippen LogP contribution in [0.3, 0.4) is 0 Å². The summed E-state index contributed by atoms with van der Waals surface area (Å²) in [5.74, 6) is 3.49. The second kappa shape index (κ2) is 6.95. The van der Waals surface area contributed by atoms with Gasteiger partial charge in [-0.25, -0.2) is 4.98 Å². The van der Waals surface area contributed by atoms with Crippen LogP contribution in [-0.2, 0) is 16.2 Å². The zero-order chi connectivity index (χ0) is 25.2. The minimum Gasteiger partial charge on any atom is -0.457 e. The lowest BCUT2D eigenvalue weighted by atomic mass is 9.37. The second-order valence-electron chi connectivity index (χ2n) is 13.1. The summed E-state index contributed by atoms with van der Waals surface area (Å²) in [6.07, 6.45) is 4.17. The maximum atomic E-state index is 6.64. The lowest BCUT2D eigenvalue weighted by molar-refractivity contribution is 0.330. The lowest BCUT2D eigenvalue weighted by Gasteiger charge is -2.43. The summed E-state index contributed by atoms with van der Waals surface area (Å²) in [4.78, 5) is 4.66. The molecule has 3 aliphatic rings. The molecule has 1 aliphatic carbocycles. The van der Waals surface area contributed by atoms with E-state index in [-0.39, 0.29) is 23.0 Å². The van der Waals surface area contributed by atoms with E-state index in [0.29, 0.717) is 5.88 Å². The van der Waals surface area contributed by atoms with Crippen molar-refractivity contribution in [3.8, 4) is 23.1 Å². The summed E-state index contributed by atoms with van der Waals surface area (Å²) < 4.78 is 15.7. The number of pyridine rings is 1. The van der Waals surface area contributed by atoms with Crippen molar-refractivity contribution in [1.29, 1.82) is 0 Å². The Morgan fingerprint density at radius 1 is 0.889 bits per heavy atom. The molecular weight excluding hydrogens is 461 g/mol. The number of aromatic nitrogens is 1. The van der Waals surface area contributed by atoms with Crippen molar-refractivity contribution in [2.75, 3.05) is 0 Å². The van der Waals surface area contributed by atoms with Crippen molar-refractivity contribution in [1.82, 2.24) is 4.98 Å². The van der Waals surface area contributed by atoms with Crippen molar-refractivity contribution in [2.45, 2.75) is 77.6 Å². The van der Waals surface area contributed by atoms with Gasteiger partial charge in [-0.05, 0) is 75.5 Å². The fourth-order valence-electron chi connectivity index (χ4n) is 6.30. The van der Waals surface area contributed by atoms with Crippen molar-refractivity contribution in [3.63, 3.8) is 0 Å². The van der Waals surface area contributed by atoms with E-state index in [0.717, 1.165) is 22.7 Å². The van der Waals surface area contributed by atoms with Crippen molar-refractivity contribution in [2.24, 2.45) is 0 Å².